The van der Waals surface area contributed by atoms with Gasteiger partial charge in [0, 0.05) is 17.4 Å². The van der Waals surface area contributed by atoms with Crippen molar-refractivity contribution in [1.29, 1.82) is 0 Å². The van der Waals surface area contributed by atoms with E-state index in [0.717, 1.165) is 21.9 Å². The van der Waals surface area contributed by atoms with Gasteiger partial charge in [-0.2, -0.15) is 9.78 Å². The van der Waals surface area contributed by atoms with Crippen molar-refractivity contribution in [2.75, 3.05) is 0 Å². The smallest absolute Gasteiger partial charge is 0.339 e. The molecule has 2 N–H and O–H groups in total. The van der Waals surface area contributed by atoms with Crippen molar-refractivity contribution >= 4 is 12.1 Å². The van der Waals surface area contributed by atoms with Crippen molar-refractivity contribution in [3.05, 3.63) is 94.8 Å². The summed E-state index contributed by atoms with van der Waals surface area (Å²) in [6.45, 7) is 0. The number of primary amides is 1. The number of carbonyl (C=O) groups is 1. The summed E-state index contributed by atoms with van der Waals surface area (Å²) in [4.78, 5) is 11.7. The number of hydrogen-bond donors (Lipinski definition) is 1. The van der Waals surface area contributed by atoms with Crippen LogP contribution in [0.4, 0.5) is 13.6 Å². The molecule has 1 aliphatic rings. The Bertz CT molecular complexity index is 1030. The van der Waals surface area contributed by atoms with E-state index in [1.165, 1.54) is 6.07 Å². The van der Waals surface area contributed by atoms with Crippen LogP contribution in [0.15, 0.2) is 60.8 Å². The lowest BCUT2D eigenvalue weighted by atomic mass is 9.68. The minimum Gasteiger partial charge on any atom is -0.350 e. The van der Waals surface area contributed by atoms with Gasteiger partial charge in [0.25, 0.3) is 0 Å². The van der Waals surface area contributed by atoms with Crippen molar-refractivity contribution in [3.8, 4) is 0 Å². The molecule has 0 fully saturated rings. The predicted molar refractivity (Wildman–Crippen MR) is 93.5 cm³/mol. The van der Waals surface area contributed by atoms with Gasteiger partial charge >= 0.3 is 6.03 Å². The molecular formula is C20H15F2N3O. The summed E-state index contributed by atoms with van der Waals surface area (Å²) >= 11 is 0. The lowest BCUT2D eigenvalue weighted by Crippen LogP contribution is -2.33. The number of fused-ring (bicyclic) bond motifs is 1. The Morgan fingerprint density at radius 3 is 2.54 bits per heavy atom. The van der Waals surface area contributed by atoms with Crippen molar-refractivity contribution in [2.24, 2.45) is 5.73 Å². The third-order valence-electron chi connectivity index (χ3n) is 4.83. The van der Waals surface area contributed by atoms with E-state index >= 15 is 0 Å². The molecule has 0 radical (unpaired) electrons. The molecule has 4 rings (SSSR count). The van der Waals surface area contributed by atoms with Crippen LogP contribution in [0.5, 0.6) is 0 Å². The summed E-state index contributed by atoms with van der Waals surface area (Å²) in [5.41, 5.74) is 7.54. The molecule has 0 bridgehead atoms. The molecule has 26 heavy (non-hydrogen) atoms. The number of allylic oxidation sites excluding steroid dienone is 1. The molecule has 4 nitrogen and oxygen atoms in total. The molecule has 0 saturated carbocycles. The molecule has 1 amide bonds. The quantitative estimate of drug-likeness (QED) is 0.766. The van der Waals surface area contributed by atoms with Crippen LogP contribution in [-0.4, -0.2) is 15.8 Å². The Balaban J connectivity index is 1.95. The molecule has 1 unspecified atom stereocenters. The molecule has 0 saturated heterocycles. The first-order valence-corrected chi connectivity index (χ1v) is 8.08. The lowest BCUT2D eigenvalue weighted by molar-refractivity contribution is 0.246. The van der Waals surface area contributed by atoms with E-state index in [0.29, 0.717) is 17.7 Å². The number of hydrogen-bond acceptors (Lipinski definition) is 2. The lowest BCUT2D eigenvalue weighted by Gasteiger charge is -2.35. The third kappa shape index (κ3) is 2.42. The standard InChI is InChI=1S/C20H15F2N3O/c21-16-7-6-15(10-17(16)22)20(14-4-2-1-3-5-14)9-8-13-12-24-25(19(23)26)18(13)11-20/h1-10,12H,11H2,(H2,23,26). The number of nitrogens with two attached hydrogens (primary N) is 1. The molecule has 1 aromatic heterocycles. The molecule has 6 heteroatoms. The zero-order valence-corrected chi connectivity index (χ0v) is 13.7. The number of carbonyl (C=O) groups excluding carboxylic acids is 1. The third-order valence-corrected chi connectivity index (χ3v) is 4.83. The number of aromatic nitrogens is 2. The Morgan fingerprint density at radius 2 is 1.85 bits per heavy atom. The van der Waals surface area contributed by atoms with Crippen molar-refractivity contribution in [2.45, 2.75) is 11.8 Å². The maximum atomic E-state index is 14.0. The number of rotatable bonds is 2. The SMILES string of the molecule is NC(=O)n1ncc2c1CC(c1ccccc1)(c1ccc(F)c(F)c1)C=C2. The first kappa shape index (κ1) is 16.2. The van der Waals surface area contributed by atoms with E-state index in [2.05, 4.69) is 5.10 Å². The van der Waals surface area contributed by atoms with Crippen LogP contribution in [0.1, 0.15) is 22.4 Å². The summed E-state index contributed by atoms with van der Waals surface area (Å²) in [5.74, 6) is -1.82. The average molecular weight is 351 g/mol. The fraction of sp³-hybridized carbons (Fsp3) is 0.100. The van der Waals surface area contributed by atoms with Crippen LogP contribution in [0.25, 0.3) is 6.08 Å². The Kier molecular flexibility index (Phi) is 3.68. The molecule has 130 valence electrons. The zero-order valence-electron chi connectivity index (χ0n) is 13.7. The van der Waals surface area contributed by atoms with Gasteiger partial charge in [-0.3, -0.25) is 0 Å². The van der Waals surface area contributed by atoms with Gasteiger partial charge in [-0.25, -0.2) is 13.6 Å². The van der Waals surface area contributed by atoms with E-state index in [1.807, 2.05) is 42.5 Å². The molecule has 0 aliphatic heterocycles. The highest BCUT2D eigenvalue weighted by atomic mass is 19.2. The monoisotopic (exact) mass is 351 g/mol. The van der Waals surface area contributed by atoms with Crippen molar-refractivity contribution in [1.82, 2.24) is 9.78 Å². The van der Waals surface area contributed by atoms with Crippen LogP contribution in [0.3, 0.4) is 0 Å². The first-order chi connectivity index (χ1) is 12.5. The summed E-state index contributed by atoms with van der Waals surface area (Å²) < 4.78 is 28.6. The number of benzene rings is 2. The Morgan fingerprint density at radius 1 is 1.08 bits per heavy atom. The van der Waals surface area contributed by atoms with Crippen LogP contribution >= 0.6 is 0 Å². The van der Waals surface area contributed by atoms with E-state index in [9.17, 15) is 13.6 Å². The Labute approximate surface area is 148 Å². The van der Waals surface area contributed by atoms with E-state index < -0.39 is 23.1 Å². The highest BCUT2D eigenvalue weighted by Crippen LogP contribution is 2.41. The molecule has 0 spiro atoms. The van der Waals surface area contributed by atoms with Crippen molar-refractivity contribution < 1.29 is 13.6 Å². The zero-order chi connectivity index (χ0) is 18.3. The van der Waals surface area contributed by atoms with Crippen molar-refractivity contribution in [3.63, 3.8) is 0 Å². The van der Waals surface area contributed by atoms with Gasteiger partial charge in [-0.1, -0.05) is 48.6 Å². The van der Waals surface area contributed by atoms with Gasteiger partial charge in [0.2, 0.25) is 0 Å². The van der Waals surface area contributed by atoms with E-state index in [1.54, 1.807) is 12.3 Å². The Hall–Kier alpha value is -3.28. The van der Waals surface area contributed by atoms with Gasteiger partial charge in [0.15, 0.2) is 11.6 Å². The van der Waals surface area contributed by atoms with E-state index in [4.69, 9.17) is 5.73 Å². The van der Waals surface area contributed by atoms with Gasteiger partial charge in [0.1, 0.15) is 0 Å². The minimum absolute atomic E-state index is 0.344. The number of halogens is 2. The van der Waals surface area contributed by atoms with Gasteiger partial charge < -0.3 is 5.73 Å². The summed E-state index contributed by atoms with van der Waals surface area (Å²) in [6.07, 6.45) is 5.68. The topological polar surface area (TPSA) is 60.9 Å². The maximum Gasteiger partial charge on any atom is 0.339 e. The fourth-order valence-corrected chi connectivity index (χ4v) is 3.52. The normalized spacial score (nSPS) is 18.5. The van der Waals surface area contributed by atoms with E-state index in [-0.39, 0.29) is 0 Å². The summed E-state index contributed by atoms with van der Waals surface area (Å²) in [5, 5.41) is 4.04. The largest absolute Gasteiger partial charge is 0.350 e. The molecule has 1 aliphatic carbocycles. The van der Waals surface area contributed by atoms with Crippen LogP contribution in [0.2, 0.25) is 0 Å². The second kappa shape index (κ2) is 5.91. The highest BCUT2D eigenvalue weighted by molar-refractivity contribution is 5.77. The van der Waals surface area contributed by atoms with Crippen LogP contribution in [-0.2, 0) is 11.8 Å². The van der Waals surface area contributed by atoms with Crippen LogP contribution < -0.4 is 5.73 Å². The molecular weight excluding hydrogens is 336 g/mol. The number of amides is 1. The summed E-state index contributed by atoms with van der Waals surface area (Å²) in [7, 11) is 0. The molecule has 1 heterocycles. The highest BCUT2D eigenvalue weighted by Gasteiger charge is 2.37. The van der Waals surface area contributed by atoms with Gasteiger partial charge in [0.05, 0.1) is 11.9 Å². The molecule has 2 aromatic carbocycles. The molecule has 1 atom stereocenters. The van der Waals surface area contributed by atoms with Gasteiger partial charge in [-0.05, 0) is 23.3 Å². The predicted octanol–water partition coefficient (Wildman–Crippen LogP) is 3.64. The average Bonchev–Trinajstić information content (AvgIpc) is 3.07. The number of nitrogens with zero attached hydrogens (tertiary/aromatic N) is 2. The van der Waals surface area contributed by atoms with Crippen LogP contribution in [0, 0.1) is 11.6 Å². The summed E-state index contributed by atoms with van der Waals surface area (Å²) in [6, 6.07) is 12.7. The molecule has 3 aromatic rings. The second-order valence-corrected chi connectivity index (χ2v) is 6.27. The second-order valence-electron chi connectivity index (χ2n) is 6.27. The van der Waals surface area contributed by atoms with Gasteiger partial charge in [-0.15, -0.1) is 0 Å². The first-order valence-electron chi connectivity index (χ1n) is 8.08. The minimum atomic E-state index is -0.916. The maximum absolute atomic E-state index is 14.0. The fourth-order valence-electron chi connectivity index (χ4n) is 3.52.